The largest absolute Gasteiger partial charge is 0.479 e. The van der Waals surface area contributed by atoms with Crippen molar-refractivity contribution < 1.29 is 23.8 Å². The molecule has 8 heteroatoms. The number of esters is 1. The van der Waals surface area contributed by atoms with Crippen molar-refractivity contribution in [2.45, 2.75) is 26.1 Å². The number of morpholine rings is 1. The molecule has 1 aliphatic rings. The Bertz CT molecular complexity index is 931. The van der Waals surface area contributed by atoms with E-state index in [2.05, 4.69) is 10.2 Å². The van der Waals surface area contributed by atoms with Crippen LogP contribution in [0.2, 0.25) is 0 Å². The molecule has 0 saturated carbocycles. The second-order valence-corrected chi connectivity index (χ2v) is 7.11. The molecule has 0 aliphatic carbocycles. The third-order valence-electron chi connectivity index (χ3n) is 4.80. The number of hydrogen-bond acceptors (Lipinski definition) is 7. The number of carbonyl (C=O) groups is 2. The summed E-state index contributed by atoms with van der Waals surface area (Å²) < 4.78 is 16.1. The van der Waals surface area contributed by atoms with Gasteiger partial charge in [0.05, 0.1) is 24.8 Å². The minimum Gasteiger partial charge on any atom is -0.479 e. The number of rotatable bonds is 7. The molecular weight excluding hydrogens is 398 g/mol. The highest BCUT2D eigenvalue weighted by atomic mass is 16.6. The van der Waals surface area contributed by atoms with Crippen LogP contribution in [0.4, 0.5) is 11.4 Å². The summed E-state index contributed by atoms with van der Waals surface area (Å²) in [6.07, 6.45) is -1.89. The molecule has 2 atom stereocenters. The first-order valence-corrected chi connectivity index (χ1v) is 10.1. The molecule has 0 spiro atoms. The molecule has 8 nitrogen and oxygen atoms in total. The van der Waals surface area contributed by atoms with Gasteiger partial charge in [0, 0.05) is 24.5 Å². The lowest BCUT2D eigenvalue weighted by molar-refractivity contribution is -0.159. The van der Waals surface area contributed by atoms with E-state index in [1.165, 1.54) is 13.8 Å². The molecule has 1 fully saturated rings. The summed E-state index contributed by atoms with van der Waals surface area (Å²) >= 11 is 0. The van der Waals surface area contributed by atoms with E-state index in [0.29, 0.717) is 30.2 Å². The fraction of sp³-hybridized carbons (Fsp3) is 0.348. The molecule has 3 rings (SSSR count). The zero-order chi connectivity index (χ0) is 22.2. The molecule has 2 aromatic rings. The third kappa shape index (κ3) is 6.20. The number of nitrogens with one attached hydrogen (secondary N) is 1. The minimum absolute atomic E-state index is 0.431. The van der Waals surface area contributed by atoms with E-state index < -0.39 is 24.1 Å². The Morgan fingerprint density at radius 1 is 1.03 bits per heavy atom. The van der Waals surface area contributed by atoms with Gasteiger partial charge in [0.25, 0.3) is 5.91 Å². The van der Waals surface area contributed by atoms with Gasteiger partial charge in [0.1, 0.15) is 5.75 Å². The molecule has 0 radical (unpaired) electrons. The predicted octanol–water partition coefficient (Wildman–Crippen LogP) is 2.73. The van der Waals surface area contributed by atoms with Gasteiger partial charge in [0.2, 0.25) is 0 Å². The van der Waals surface area contributed by atoms with Crippen molar-refractivity contribution in [3.63, 3.8) is 0 Å². The Balaban J connectivity index is 1.48. The lowest BCUT2D eigenvalue weighted by atomic mass is 10.2. The number of amides is 1. The van der Waals surface area contributed by atoms with Gasteiger partial charge in [-0.05, 0) is 62.4 Å². The first kappa shape index (κ1) is 22.1. The molecule has 1 N–H and O–H groups in total. The number of carbonyl (C=O) groups excluding carboxylic acids is 2. The summed E-state index contributed by atoms with van der Waals surface area (Å²) in [6.45, 7) is 6.12. The molecule has 31 heavy (non-hydrogen) atoms. The normalized spacial score (nSPS) is 15.3. The molecular formula is C23H25N3O5. The van der Waals surface area contributed by atoms with Crippen molar-refractivity contribution in [1.29, 1.82) is 5.26 Å². The van der Waals surface area contributed by atoms with Crippen LogP contribution in [0.25, 0.3) is 0 Å². The Hall–Kier alpha value is -3.57. The number of nitriles is 1. The molecule has 0 unspecified atom stereocenters. The summed E-state index contributed by atoms with van der Waals surface area (Å²) in [6, 6.07) is 15.9. The maximum atomic E-state index is 12.4. The van der Waals surface area contributed by atoms with E-state index in [0.717, 1.165) is 18.8 Å². The van der Waals surface area contributed by atoms with Gasteiger partial charge in [-0.1, -0.05) is 0 Å². The smallest absolute Gasteiger partial charge is 0.347 e. The summed E-state index contributed by atoms with van der Waals surface area (Å²) in [4.78, 5) is 26.9. The topological polar surface area (TPSA) is 101 Å². The lowest BCUT2D eigenvalue weighted by Crippen LogP contribution is -2.36. The van der Waals surface area contributed by atoms with E-state index in [-0.39, 0.29) is 0 Å². The number of anilines is 2. The van der Waals surface area contributed by atoms with Gasteiger partial charge in [0.15, 0.2) is 12.2 Å². The maximum Gasteiger partial charge on any atom is 0.347 e. The van der Waals surface area contributed by atoms with Crippen LogP contribution in [0.3, 0.4) is 0 Å². The van der Waals surface area contributed by atoms with Gasteiger partial charge in [-0.3, -0.25) is 4.79 Å². The highest BCUT2D eigenvalue weighted by Crippen LogP contribution is 2.19. The minimum atomic E-state index is -0.988. The van der Waals surface area contributed by atoms with Crippen LogP contribution in [0.1, 0.15) is 19.4 Å². The Labute approximate surface area is 181 Å². The van der Waals surface area contributed by atoms with E-state index in [9.17, 15) is 9.59 Å². The highest BCUT2D eigenvalue weighted by Gasteiger charge is 2.23. The molecule has 1 aliphatic heterocycles. The Morgan fingerprint density at radius 2 is 1.68 bits per heavy atom. The van der Waals surface area contributed by atoms with Crippen molar-refractivity contribution in [3.05, 3.63) is 54.1 Å². The van der Waals surface area contributed by atoms with E-state index in [1.807, 2.05) is 30.3 Å². The molecule has 1 amide bonds. The quantitative estimate of drug-likeness (QED) is 0.684. The highest BCUT2D eigenvalue weighted by molar-refractivity contribution is 5.95. The number of ether oxygens (including phenoxy) is 3. The van der Waals surface area contributed by atoms with Crippen molar-refractivity contribution in [3.8, 4) is 11.8 Å². The molecule has 0 aromatic heterocycles. The summed E-state index contributed by atoms with van der Waals surface area (Å²) in [5.74, 6) is -0.659. The molecule has 2 aromatic carbocycles. The molecule has 1 saturated heterocycles. The van der Waals surface area contributed by atoms with Crippen LogP contribution < -0.4 is 15.0 Å². The van der Waals surface area contributed by atoms with Gasteiger partial charge < -0.3 is 24.4 Å². The summed E-state index contributed by atoms with van der Waals surface area (Å²) in [7, 11) is 0. The average Bonchev–Trinajstić information content (AvgIpc) is 2.80. The number of benzene rings is 2. The van der Waals surface area contributed by atoms with Gasteiger partial charge >= 0.3 is 5.97 Å². The molecule has 0 bridgehead atoms. The van der Waals surface area contributed by atoms with Gasteiger partial charge in [-0.25, -0.2) is 4.79 Å². The van der Waals surface area contributed by atoms with Crippen LogP contribution >= 0.6 is 0 Å². The van der Waals surface area contributed by atoms with E-state index in [4.69, 9.17) is 19.5 Å². The SMILES string of the molecule is C[C@@H](OC(=O)[C@@H](C)Oc1ccc(C#N)cc1)C(=O)Nc1ccc(N2CCOCC2)cc1. The van der Waals surface area contributed by atoms with E-state index in [1.54, 1.807) is 24.3 Å². The van der Waals surface area contributed by atoms with Crippen molar-refractivity contribution in [2.24, 2.45) is 0 Å². The van der Waals surface area contributed by atoms with Crippen LogP contribution in [-0.4, -0.2) is 50.4 Å². The van der Waals surface area contributed by atoms with E-state index >= 15 is 0 Å². The van der Waals surface area contributed by atoms with Crippen LogP contribution in [-0.2, 0) is 19.1 Å². The lowest BCUT2D eigenvalue weighted by Gasteiger charge is -2.29. The Kier molecular flexibility index (Phi) is 7.46. The first-order chi connectivity index (χ1) is 15.0. The second-order valence-electron chi connectivity index (χ2n) is 7.11. The molecule has 162 valence electrons. The average molecular weight is 423 g/mol. The second kappa shape index (κ2) is 10.5. The van der Waals surface area contributed by atoms with Gasteiger partial charge in [-0.15, -0.1) is 0 Å². The fourth-order valence-electron chi connectivity index (χ4n) is 3.00. The predicted molar refractivity (Wildman–Crippen MR) is 115 cm³/mol. The van der Waals surface area contributed by atoms with Crippen LogP contribution in [0, 0.1) is 11.3 Å². The van der Waals surface area contributed by atoms with Crippen LogP contribution in [0.15, 0.2) is 48.5 Å². The number of nitrogens with zero attached hydrogens (tertiary/aromatic N) is 2. The number of hydrogen-bond donors (Lipinski definition) is 1. The zero-order valence-electron chi connectivity index (χ0n) is 17.5. The third-order valence-corrected chi connectivity index (χ3v) is 4.80. The fourth-order valence-corrected chi connectivity index (χ4v) is 3.00. The van der Waals surface area contributed by atoms with Crippen molar-refractivity contribution >= 4 is 23.3 Å². The monoisotopic (exact) mass is 423 g/mol. The maximum absolute atomic E-state index is 12.4. The summed E-state index contributed by atoms with van der Waals surface area (Å²) in [5.41, 5.74) is 2.17. The van der Waals surface area contributed by atoms with Gasteiger partial charge in [-0.2, -0.15) is 5.26 Å². The molecule has 1 heterocycles. The summed E-state index contributed by atoms with van der Waals surface area (Å²) in [5, 5.41) is 11.6. The Morgan fingerprint density at radius 3 is 2.29 bits per heavy atom. The van der Waals surface area contributed by atoms with Crippen LogP contribution in [0.5, 0.6) is 5.75 Å². The van der Waals surface area contributed by atoms with Crippen molar-refractivity contribution in [2.75, 3.05) is 36.5 Å². The standard InChI is InChI=1S/C23H25N3O5/c1-16(31-23(28)17(2)30-21-9-3-18(15-24)4-10-21)22(27)25-19-5-7-20(8-6-19)26-11-13-29-14-12-26/h3-10,16-17H,11-14H2,1-2H3,(H,25,27)/t16-,17-/m1/s1. The van der Waals surface area contributed by atoms with Crippen molar-refractivity contribution in [1.82, 2.24) is 0 Å². The zero-order valence-corrected chi connectivity index (χ0v) is 17.5. The first-order valence-electron chi connectivity index (χ1n) is 10.1.